The van der Waals surface area contributed by atoms with Crippen LogP contribution in [-0.4, -0.2) is 21.4 Å². The van der Waals surface area contributed by atoms with Crippen molar-refractivity contribution in [3.05, 3.63) is 69.9 Å². The zero-order chi connectivity index (χ0) is 19.7. The van der Waals surface area contributed by atoms with E-state index in [0.717, 1.165) is 17.7 Å². The van der Waals surface area contributed by atoms with Crippen molar-refractivity contribution in [2.75, 3.05) is 5.75 Å². The summed E-state index contributed by atoms with van der Waals surface area (Å²) in [7, 11) is 0. The van der Waals surface area contributed by atoms with Crippen LogP contribution in [0.1, 0.15) is 41.9 Å². The molecule has 0 spiro atoms. The summed E-state index contributed by atoms with van der Waals surface area (Å²) in [6, 6.07) is 11.7. The third-order valence-electron chi connectivity index (χ3n) is 4.85. The number of halogens is 1. The topological polar surface area (TPSA) is 64.0 Å². The van der Waals surface area contributed by atoms with Gasteiger partial charge in [0.25, 0.3) is 11.5 Å². The fraction of sp³-hybridized carbons (Fsp3) is 0.286. The van der Waals surface area contributed by atoms with Crippen LogP contribution in [0.25, 0.3) is 10.8 Å². The number of amides is 1. The molecule has 0 fully saturated rings. The molecule has 1 N–H and O–H groups in total. The Balaban J connectivity index is 1.74. The van der Waals surface area contributed by atoms with E-state index in [4.69, 9.17) is 0 Å². The third-order valence-corrected chi connectivity index (χ3v) is 6.01. The number of hydrogen-bond donors (Lipinski definition) is 1. The summed E-state index contributed by atoms with van der Waals surface area (Å²) >= 11 is 1.47. The standard InChI is InChI=1S/C21H20FN3O2S/c1-2-11-25-21(27)14-7-4-3-6-13(14)18(24-25)20(26)23-17-10-12-28-19-15(17)8-5-9-16(19)22/h3-9,17H,2,10-12H2,1H3,(H,23,26)/t17-/m0/s1. The van der Waals surface area contributed by atoms with Crippen molar-refractivity contribution in [2.24, 2.45) is 0 Å². The molecule has 1 atom stereocenters. The van der Waals surface area contributed by atoms with Crippen LogP contribution >= 0.6 is 11.8 Å². The second kappa shape index (κ2) is 7.75. The fourth-order valence-corrected chi connectivity index (χ4v) is 4.67. The normalized spacial score (nSPS) is 16.0. The Labute approximate surface area is 165 Å². The van der Waals surface area contributed by atoms with Crippen molar-refractivity contribution in [3.63, 3.8) is 0 Å². The van der Waals surface area contributed by atoms with E-state index in [0.29, 0.717) is 28.6 Å². The Morgan fingerprint density at radius 1 is 1.25 bits per heavy atom. The van der Waals surface area contributed by atoms with Crippen LogP contribution < -0.4 is 10.9 Å². The summed E-state index contributed by atoms with van der Waals surface area (Å²) in [5.41, 5.74) is 0.811. The predicted molar refractivity (Wildman–Crippen MR) is 108 cm³/mol. The number of carbonyl (C=O) groups is 1. The Morgan fingerprint density at radius 2 is 2.04 bits per heavy atom. The maximum Gasteiger partial charge on any atom is 0.274 e. The number of aromatic nitrogens is 2. The Kier molecular flexibility index (Phi) is 5.17. The molecule has 1 aliphatic rings. The van der Waals surface area contributed by atoms with E-state index in [-0.39, 0.29) is 29.0 Å². The molecule has 2 aromatic carbocycles. The molecule has 5 nitrogen and oxygen atoms in total. The summed E-state index contributed by atoms with van der Waals surface area (Å²) in [6.45, 7) is 2.40. The molecule has 0 unspecified atom stereocenters. The lowest BCUT2D eigenvalue weighted by atomic mass is 10.0. The van der Waals surface area contributed by atoms with Gasteiger partial charge in [0.05, 0.1) is 11.4 Å². The number of hydrogen-bond acceptors (Lipinski definition) is 4. The summed E-state index contributed by atoms with van der Waals surface area (Å²) in [4.78, 5) is 26.3. The van der Waals surface area contributed by atoms with Crippen LogP contribution in [0.2, 0.25) is 0 Å². The maximum atomic E-state index is 14.1. The van der Waals surface area contributed by atoms with Crippen molar-refractivity contribution in [1.29, 1.82) is 0 Å². The van der Waals surface area contributed by atoms with E-state index in [1.807, 2.05) is 13.0 Å². The minimum Gasteiger partial charge on any atom is -0.344 e. The van der Waals surface area contributed by atoms with E-state index in [1.54, 1.807) is 30.3 Å². The molecule has 1 aliphatic heterocycles. The van der Waals surface area contributed by atoms with Gasteiger partial charge in [-0.05, 0) is 30.5 Å². The number of fused-ring (bicyclic) bond motifs is 2. The molecular formula is C21H20FN3O2S. The van der Waals surface area contributed by atoms with E-state index in [1.165, 1.54) is 22.5 Å². The van der Waals surface area contributed by atoms with Gasteiger partial charge >= 0.3 is 0 Å². The quantitative estimate of drug-likeness (QED) is 0.725. The van der Waals surface area contributed by atoms with Gasteiger partial charge in [0.1, 0.15) is 5.82 Å². The Bertz CT molecular complexity index is 1110. The number of carbonyl (C=O) groups excluding carboxylic acids is 1. The zero-order valence-electron chi connectivity index (χ0n) is 15.4. The minimum atomic E-state index is -0.354. The molecule has 3 aromatic rings. The predicted octanol–water partition coefficient (Wildman–Crippen LogP) is 3.91. The second-order valence-electron chi connectivity index (χ2n) is 6.74. The molecule has 0 radical (unpaired) electrons. The van der Waals surface area contributed by atoms with Crippen molar-refractivity contribution >= 4 is 28.4 Å². The lowest BCUT2D eigenvalue weighted by Crippen LogP contribution is -2.34. The Morgan fingerprint density at radius 3 is 2.82 bits per heavy atom. The average Bonchev–Trinajstić information content (AvgIpc) is 2.71. The van der Waals surface area contributed by atoms with Crippen LogP contribution in [0.3, 0.4) is 0 Å². The largest absolute Gasteiger partial charge is 0.344 e. The molecule has 2 heterocycles. The first kappa shape index (κ1) is 18.7. The van der Waals surface area contributed by atoms with Crippen LogP contribution in [0, 0.1) is 5.82 Å². The smallest absolute Gasteiger partial charge is 0.274 e. The van der Waals surface area contributed by atoms with Gasteiger partial charge in [-0.15, -0.1) is 11.8 Å². The van der Waals surface area contributed by atoms with Gasteiger partial charge in [0.15, 0.2) is 5.69 Å². The van der Waals surface area contributed by atoms with Gasteiger partial charge in [-0.1, -0.05) is 37.3 Å². The maximum absolute atomic E-state index is 14.1. The average molecular weight is 397 g/mol. The number of thioether (sulfide) groups is 1. The third kappa shape index (κ3) is 3.30. The molecule has 0 saturated heterocycles. The summed E-state index contributed by atoms with van der Waals surface area (Å²) in [5, 5.41) is 8.35. The number of rotatable bonds is 4. The molecule has 0 saturated carbocycles. The zero-order valence-corrected chi connectivity index (χ0v) is 16.3. The lowest BCUT2D eigenvalue weighted by molar-refractivity contribution is 0.0929. The molecule has 1 amide bonds. The molecule has 144 valence electrons. The van der Waals surface area contributed by atoms with E-state index in [2.05, 4.69) is 10.4 Å². The summed E-state index contributed by atoms with van der Waals surface area (Å²) < 4.78 is 15.5. The van der Waals surface area contributed by atoms with Crippen molar-refractivity contribution in [3.8, 4) is 0 Å². The van der Waals surface area contributed by atoms with E-state index >= 15 is 0 Å². The Hall–Kier alpha value is -2.67. The highest BCUT2D eigenvalue weighted by Crippen LogP contribution is 2.37. The molecule has 7 heteroatoms. The van der Waals surface area contributed by atoms with Crippen molar-refractivity contribution in [1.82, 2.24) is 15.1 Å². The van der Waals surface area contributed by atoms with Crippen LogP contribution in [0.15, 0.2) is 52.2 Å². The van der Waals surface area contributed by atoms with Gasteiger partial charge in [-0.25, -0.2) is 9.07 Å². The number of nitrogens with zero attached hydrogens (tertiary/aromatic N) is 2. The van der Waals surface area contributed by atoms with Crippen LogP contribution in [0.4, 0.5) is 4.39 Å². The number of nitrogens with one attached hydrogen (secondary N) is 1. The molecule has 1 aromatic heterocycles. The van der Waals surface area contributed by atoms with Gasteiger partial charge in [-0.2, -0.15) is 5.10 Å². The van der Waals surface area contributed by atoms with Gasteiger partial charge in [0, 0.05) is 22.6 Å². The minimum absolute atomic E-state index is 0.199. The van der Waals surface area contributed by atoms with Crippen LogP contribution in [-0.2, 0) is 6.54 Å². The highest BCUT2D eigenvalue weighted by molar-refractivity contribution is 7.99. The molecule has 4 rings (SSSR count). The van der Waals surface area contributed by atoms with E-state index < -0.39 is 0 Å². The summed E-state index contributed by atoms with van der Waals surface area (Å²) in [5.74, 6) is 0.109. The molecule has 0 bridgehead atoms. The lowest BCUT2D eigenvalue weighted by Gasteiger charge is -2.26. The van der Waals surface area contributed by atoms with Crippen molar-refractivity contribution < 1.29 is 9.18 Å². The first-order chi connectivity index (χ1) is 13.6. The number of benzene rings is 2. The second-order valence-corrected chi connectivity index (χ2v) is 7.85. The first-order valence-corrected chi connectivity index (χ1v) is 10.3. The van der Waals surface area contributed by atoms with E-state index in [9.17, 15) is 14.0 Å². The highest BCUT2D eigenvalue weighted by atomic mass is 32.2. The monoisotopic (exact) mass is 397 g/mol. The number of aryl methyl sites for hydroxylation is 1. The van der Waals surface area contributed by atoms with Crippen LogP contribution in [0.5, 0.6) is 0 Å². The van der Waals surface area contributed by atoms with Crippen molar-refractivity contribution in [2.45, 2.75) is 37.2 Å². The SMILES string of the molecule is CCCn1nc(C(=O)N[C@H]2CCSc3c(F)cccc32)c2ccccc2c1=O. The van der Waals surface area contributed by atoms with Gasteiger partial charge in [0.2, 0.25) is 0 Å². The highest BCUT2D eigenvalue weighted by Gasteiger charge is 2.26. The fourth-order valence-electron chi connectivity index (χ4n) is 3.53. The van der Waals surface area contributed by atoms with Gasteiger partial charge < -0.3 is 5.32 Å². The van der Waals surface area contributed by atoms with Gasteiger partial charge in [-0.3, -0.25) is 9.59 Å². The first-order valence-electron chi connectivity index (χ1n) is 9.32. The molecular weight excluding hydrogens is 377 g/mol. The molecule has 28 heavy (non-hydrogen) atoms. The molecule has 0 aliphatic carbocycles. The summed E-state index contributed by atoms with van der Waals surface area (Å²) in [6.07, 6.45) is 1.44.